The van der Waals surface area contributed by atoms with Gasteiger partial charge >= 0.3 is 0 Å². The Morgan fingerprint density at radius 2 is 1.94 bits per heavy atom. The number of nitrogens with one attached hydrogen (secondary N) is 1. The summed E-state index contributed by atoms with van der Waals surface area (Å²) >= 11 is 7.04. The summed E-state index contributed by atoms with van der Waals surface area (Å²) in [4.78, 5) is 12.3. The van der Waals surface area contributed by atoms with E-state index >= 15 is 0 Å². The van der Waals surface area contributed by atoms with E-state index in [1.807, 2.05) is 30.3 Å². The van der Waals surface area contributed by atoms with Crippen LogP contribution in [0.2, 0.25) is 4.34 Å². The Bertz CT molecular complexity index is 481. The summed E-state index contributed by atoms with van der Waals surface area (Å²) in [6, 6.07) is 13.2. The van der Waals surface area contributed by atoms with Gasteiger partial charge in [0.15, 0.2) is 0 Å². The van der Waals surface area contributed by atoms with Gasteiger partial charge < -0.3 is 5.32 Å². The molecule has 0 saturated carbocycles. The third-order valence-electron chi connectivity index (χ3n) is 2.09. The Kier molecular flexibility index (Phi) is 3.59. The maximum atomic E-state index is 11.7. The highest BCUT2D eigenvalue weighted by Gasteiger charge is 2.07. The van der Waals surface area contributed by atoms with Crippen molar-refractivity contribution in [3.63, 3.8) is 0 Å². The zero-order chi connectivity index (χ0) is 11.4. The van der Waals surface area contributed by atoms with Crippen LogP contribution in [-0.2, 0) is 6.54 Å². The Morgan fingerprint density at radius 3 is 2.56 bits per heavy atom. The molecule has 1 aromatic heterocycles. The second-order valence-electron chi connectivity index (χ2n) is 3.27. The fourth-order valence-electron chi connectivity index (χ4n) is 1.30. The molecule has 2 nitrogen and oxygen atoms in total. The van der Waals surface area contributed by atoms with Gasteiger partial charge in [0.05, 0.1) is 9.21 Å². The first kappa shape index (κ1) is 11.2. The first-order valence-electron chi connectivity index (χ1n) is 4.83. The maximum Gasteiger partial charge on any atom is 0.261 e. The maximum absolute atomic E-state index is 11.7. The number of hydrogen-bond acceptors (Lipinski definition) is 2. The van der Waals surface area contributed by atoms with Crippen molar-refractivity contribution in [3.05, 3.63) is 57.2 Å². The zero-order valence-electron chi connectivity index (χ0n) is 8.44. The predicted octanol–water partition coefficient (Wildman–Crippen LogP) is 3.33. The van der Waals surface area contributed by atoms with Crippen molar-refractivity contribution in [2.24, 2.45) is 0 Å². The second-order valence-corrected chi connectivity index (χ2v) is 4.99. The van der Waals surface area contributed by atoms with Crippen LogP contribution in [0.1, 0.15) is 15.2 Å². The summed E-state index contributed by atoms with van der Waals surface area (Å²) in [5, 5.41) is 2.84. The summed E-state index contributed by atoms with van der Waals surface area (Å²) in [5.41, 5.74) is 1.08. The molecule has 0 bridgehead atoms. The van der Waals surface area contributed by atoms with Crippen LogP contribution in [0.15, 0.2) is 42.5 Å². The number of carbonyl (C=O) groups excluding carboxylic acids is 1. The molecule has 2 aromatic rings. The van der Waals surface area contributed by atoms with E-state index in [9.17, 15) is 4.79 Å². The lowest BCUT2D eigenvalue weighted by Crippen LogP contribution is -2.21. The molecule has 16 heavy (non-hydrogen) atoms. The fourth-order valence-corrected chi connectivity index (χ4v) is 2.26. The highest BCUT2D eigenvalue weighted by Crippen LogP contribution is 2.21. The minimum atomic E-state index is -0.0826. The van der Waals surface area contributed by atoms with Gasteiger partial charge in [-0.2, -0.15) is 0 Å². The molecule has 1 N–H and O–H groups in total. The number of amides is 1. The van der Waals surface area contributed by atoms with Crippen LogP contribution in [0, 0.1) is 0 Å². The van der Waals surface area contributed by atoms with Crippen molar-refractivity contribution in [2.45, 2.75) is 6.54 Å². The number of rotatable bonds is 3. The van der Waals surface area contributed by atoms with Gasteiger partial charge in [0.25, 0.3) is 5.91 Å². The minimum absolute atomic E-state index is 0.0826. The van der Waals surface area contributed by atoms with Crippen LogP contribution in [0.25, 0.3) is 0 Å². The number of carbonyl (C=O) groups is 1. The molecule has 1 heterocycles. The first-order chi connectivity index (χ1) is 7.75. The SMILES string of the molecule is O=C(NCc1ccccc1)c1ccc(Cl)s1. The molecule has 1 amide bonds. The quantitative estimate of drug-likeness (QED) is 0.891. The van der Waals surface area contributed by atoms with Crippen molar-refractivity contribution in [1.82, 2.24) is 5.32 Å². The second kappa shape index (κ2) is 5.14. The normalized spacial score (nSPS) is 10.1. The van der Waals surface area contributed by atoms with Crippen molar-refractivity contribution < 1.29 is 4.79 Å². The average Bonchev–Trinajstić information content (AvgIpc) is 2.74. The van der Waals surface area contributed by atoms with Crippen LogP contribution >= 0.6 is 22.9 Å². The van der Waals surface area contributed by atoms with Gasteiger partial charge in [-0.05, 0) is 17.7 Å². The van der Waals surface area contributed by atoms with E-state index < -0.39 is 0 Å². The van der Waals surface area contributed by atoms with E-state index in [1.54, 1.807) is 12.1 Å². The molecule has 0 aliphatic carbocycles. The highest BCUT2D eigenvalue weighted by molar-refractivity contribution is 7.17. The molecule has 0 spiro atoms. The van der Waals surface area contributed by atoms with Gasteiger partial charge in [-0.3, -0.25) is 4.79 Å². The summed E-state index contributed by atoms with van der Waals surface area (Å²) in [5.74, 6) is -0.0826. The number of halogens is 1. The number of benzene rings is 1. The van der Waals surface area contributed by atoms with Crippen LogP contribution in [0.3, 0.4) is 0 Å². The number of hydrogen-bond donors (Lipinski definition) is 1. The molecule has 1 aromatic carbocycles. The number of thiophene rings is 1. The van der Waals surface area contributed by atoms with E-state index in [4.69, 9.17) is 11.6 Å². The molecule has 0 unspecified atom stereocenters. The Morgan fingerprint density at radius 1 is 1.19 bits per heavy atom. The van der Waals surface area contributed by atoms with E-state index in [0.29, 0.717) is 15.8 Å². The molecule has 0 aliphatic heterocycles. The smallest absolute Gasteiger partial charge is 0.261 e. The van der Waals surface area contributed by atoms with Crippen molar-refractivity contribution >= 4 is 28.8 Å². The zero-order valence-corrected chi connectivity index (χ0v) is 10.0. The summed E-state index contributed by atoms with van der Waals surface area (Å²) in [6.07, 6.45) is 0. The van der Waals surface area contributed by atoms with E-state index in [1.165, 1.54) is 11.3 Å². The van der Waals surface area contributed by atoms with E-state index in [0.717, 1.165) is 5.56 Å². The van der Waals surface area contributed by atoms with Crippen molar-refractivity contribution in [1.29, 1.82) is 0 Å². The lowest BCUT2D eigenvalue weighted by Gasteiger charge is -2.02. The topological polar surface area (TPSA) is 29.1 Å². The van der Waals surface area contributed by atoms with E-state index in [2.05, 4.69) is 5.32 Å². The van der Waals surface area contributed by atoms with Gasteiger partial charge in [0, 0.05) is 6.54 Å². The largest absolute Gasteiger partial charge is 0.347 e. The monoisotopic (exact) mass is 251 g/mol. The molecule has 82 valence electrons. The van der Waals surface area contributed by atoms with Gasteiger partial charge in [-0.1, -0.05) is 41.9 Å². The van der Waals surface area contributed by atoms with Crippen LogP contribution in [0.4, 0.5) is 0 Å². The highest BCUT2D eigenvalue weighted by atomic mass is 35.5. The predicted molar refractivity (Wildman–Crippen MR) is 66.9 cm³/mol. The van der Waals surface area contributed by atoms with Crippen LogP contribution in [0.5, 0.6) is 0 Å². The van der Waals surface area contributed by atoms with E-state index in [-0.39, 0.29) is 5.91 Å². The molecule has 0 radical (unpaired) electrons. The molecule has 0 atom stereocenters. The van der Waals surface area contributed by atoms with Crippen molar-refractivity contribution in [3.8, 4) is 0 Å². The summed E-state index contributed by atoms with van der Waals surface area (Å²) in [7, 11) is 0. The molecular formula is C12H10ClNOS. The fraction of sp³-hybridized carbons (Fsp3) is 0.0833. The van der Waals surface area contributed by atoms with Gasteiger partial charge in [0.1, 0.15) is 0 Å². The third kappa shape index (κ3) is 2.84. The molecule has 0 fully saturated rings. The molecule has 2 rings (SSSR count). The lowest BCUT2D eigenvalue weighted by molar-refractivity contribution is 0.0955. The van der Waals surface area contributed by atoms with Gasteiger partial charge in [-0.15, -0.1) is 11.3 Å². The first-order valence-corrected chi connectivity index (χ1v) is 6.02. The summed E-state index contributed by atoms with van der Waals surface area (Å²) in [6.45, 7) is 0.537. The van der Waals surface area contributed by atoms with Gasteiger partial charge in [0.2, 0.25) is 0 Å². The summed E-state index contributed by atoms with van der Waals surface area (Å²) < 4.78 is 0.630. The molecule has 0 aliphatic rings. The Balaban J connectivity index is 1.94. The van der Waals surface area contributed by atoms with Crippen molar-refractivity contribution in [2.75, 3.05) is 0 Å². The lowest BCUT2D eigenvalue weighted by atomic mass is 10.2. The van der Waals surface area contributed by atoms with Crippen LogP contribution in [-0.4, -0.2) is 5.91 Å². The average molecular weight is 252 g/mol. The standard InChI is InChI=1S/C12H10ClNOS/c13-11-7-6-10(16-11)12(15)14-8-9-4-2-1-3-5-9/h1-7H,8H2,(H,14,15). The molecule has 0 saturated heterocycles. The van der Waals surface area contributed by atoms with Gasteiger partial charge in [-0.25, -0.2) is 0 Å². The Hall–Kier alpha value is -1.32. The van der Waals surface area contributed by atoms with Crippen LogP contribution < -0.4 is 5.32 Å². The minimum Gasteiger partial charge on any atom is -0.347 e. The Labute approximate surface area is 103 Å². The molecular weight excluding hydrogens is 242 g/mol. The molecule has 4 heteroatoms. The third-order valence-corrected chi connectivity index (χ3v) is 3.32.